The number of anilines is 1. The molecule has 4 rings (SSSR count). The molecule has 0 radical (unpaired) electrons. The highest BCUT2D eigenvalue weighted by Gasteiger charge is 2.39. The first-order valence-corrected chi connectivity index (χ1v) is 16.6. The summed E-state index contributed by atoms with van der Waals surface area (Å²) in [4.78, 5) is 70.1. The molecule has 268 valence electrons. The smallest absolute Gasteiger partial charge is 0.411 e. The molecule has 1 aromatic carbocycles. The van der Waals surface area contributed by atoms with Crippen LogP contribution in [-0.2, 0) is 30.3 Å². The number of ether oxygens (including phenoxy) is 2. The van der Waals surface area contributed by atoms with Crippen LogP contribution in [0.4, 0.5) is 14.9 Å². The monoisotopic (exact) mass is 694 g/mol. The number of hydrogen-bond donors (Lipinski definition) is 3. The topological polar surface area (TPSA) is 177 Å². The molecule has 0 saturated carbocycles. The zero-order valence-electron chi connectivity index (χ0n) is 28.3. The average Bonchev–Trinajstić information content (AvgIpc) is 3.75. The van der Waals surface area contributed by atoms with E-state index in [0.29, 0.717) is 30.5 Å². The van der Waals surface area contributed by atoms with E-state index in [4.69, 9.17) is 13.9 Å². The third-order valence-corrected chi connectivity index (χ3v) is 8.35. The zero-order chi connectivity index (χ0) is 36.2. The first kappa shape index (κ1) is 37.7. The van der Waals surface area contributed by atoms with Crippen LogP contribution in [0.3, 0.4) is 0 Å². The van der Waals surface area contributed by atoms with Crippen LogP contribution in [0.15, 0.2) is 70.9 Å². The number of nitrogens with zero attached hydrogens (tertiary/aromatic N) is 2. The molecule has 5 atom stereocenters. The first-order chi connectivity index (χ1) is 23.9. The number of benzene rings is 1. The summed E-state index contributed by atoms with van der Waals surface area (Å²) in [6.07, 6.45) is 7.24. The fourth-order valence-corrected chi connectivity index (χ4v) is 5.74. The molecule has 2 aliphatic rings. The average molecular weight is 695 g/mol. The van der Waals surface area contributed by atoms with Crippen molar-refractivity contribution in [3.8, 4) is 0 Å². The fourth-order valence-electron chi connectivity index (χ4n) is 5.74. The van der Waals surface area contributed by atoms with Gasteiger partial charge >= 0.3 is 12.1 Å². The standard InChI is InChI=1S/C36H43FN4O9/c1-22-6-4-15-38-31(44)13-8-23(2)33(24(3)14-17-48-36(47)39-26-11-9-25(37)10-12-26)50-35(46)30-7-5-16-41(30)34(45)29-21-49-32(40-29)20-28(43)19-27(42)18-22/h4,6,8-13,18,21,23-24,27,30,33,42H,5,7,14-17,19-20H2,1-3H3,(H,38,44)(H,39,47)/b6-4?,13-8+,22-18?/t23-,24-,27-,30-,33+/m1/s1. The summed E-state index contributed by atoms with van der Waals surface area (Å²) in [6.45, 7) is 5.81. The number of amides is 3. The van der Waals surface area contributed by atoms with Crippen molar-refractivity contribution in [3.05, 3.63) is 83.9 Å². The second kappa shape index (κ2) is 18.0. The molecule has 0 spiro atoms. The van der Waals surface area contributed by atoms with Gasteiger partial charge in [0, 0.05) is 31.1 Å². The highest BCUT2D eigenvalue weighted by Crippen LogP contribution is 2.27. The van der Waals surface area contributed by atoms with Crippen LogP contribution in [-0.4, -0.2) is 82.6 Å². The Hall–Kier alpha value is -5.11. The highest BCUT2D eigenvalue weighted by molar-refractivity contribution is 5.95. The number of aliphatic hydroxyl groups excluding tert-OH is 1. The van der Waals surface area contributed by atoms with Gasteiger partial charge in [-0.05, 0) is 62.4 Å². The summed E-state index contributed by atoms with van der Waals surface area (Å²) >= 11 is 0. The number of allylic oxidation sites excluding steroid dienone is 2. The van der Waals surface area contributed by atoms with E-state index in [-0.39, 0.29) is 61.7 Å². The van der Waals surface area contributed by atoms with Crippen molar-refractivity contribution in [1.82, 2.24) is 15.2 Å². The lowest BCUT2D eigenvalue weighted by Crippen LogP contribution is -2.44. The molecule has 1 saturated heterocycles. The molecule has 0 unspecified atom stereocenters. The number of aromatic nitrogens is 1. The Labute approximate surface area is 289 Å². The van der Waals surface area contributed by atoms with Gasteiger partial charge in [0.05, 0.1) is 19.1 Å². The molecule has 2 aromatic rings. The summed E-state index contributed by atoms with van der Waals surface area (Å²) in [5.41, 5.74) is 0.983. The van der Waals surface area contributed by atoms with E-state index >= 15 is 0 Å². The quantitative estimate of drug-likeness (QED) is 0.383. The van der Waals surface area contributed by atoms with Crippen molar-refractivity contribution in [2.75, 3.05) is 25.0 Å². The second-order valence-corrected chi connectivity index (χ2v) is 12.5. The number of carbonyl (C=O) groups is 5. The molecule has 1 aromatic heterocycles. The number of fused-ring (bicyclic) bond motifs is 3. The third-order valence-electron chi connectivity index (χ3n) is 8.35. The Balaban J connectivity index is 1.50. The number of hydrogen-bond acceptors (Lipinski definition) is 10. The van der Waals surface area contributed by atoms with Gasteiger partial charge in [0.2, 0.25) is 11.8 Å². The van der Waals surface area contributed by atoms with Gasteiger partial charge in [0.15, 0.2) is 5.69 Å². The van der Waals surface area contributed by atoms with Crippen LogP contribution in [0.2, 0.25) is 0 Å². The Kier molecular flexibility index (Phi) is 13.6. The number of carbonyl (C=O) groups excluding carboxylic acids is 5. The van der Waals surface area contributed by atoms with Gasteiger partial charge in [-0.2, -0.15) is 0 Å². The first-order valence-electron chi connectivity index (χ1n) is 16.6. The van der Waals surface area contributed by atoms with Crippen LogP contribution in [0.1, 0.15) is 62.8 Å². The van der Waals surface area contributed by atoms with Gasteiger partial charge in [-0.3, -0.25) is 19.7 Å². The maximum atomic E-state index is 13.7. The van der Waals surface area contributed by atoms with E-state index in [1.165, 1.54) is 41.3 Å². The van der Waals surface area contributed by atoms with Crippen LogP contribution >= 0.6 is 0 Å². The maximum Gasteiger partial charge on any atom is 0.411 e. The number of aliphatic hydroxyl groups is 1. The summed E-state index contributed by atoms with van der Waals surface area (Å²) < 4.78 is 29.9. The van der Waals surface area contributed by atoms with E-state index in [0.717, 1.165) is 6.26 Å². The number of halogens is 1. The number of oxazole rings is 1. The van der Waals surface area contributed by atoms with E-state index in [1.807, 2.05) is 6.92 Å². The van der Waals surface area contributed by atoms with Gasteiger partial charge in [-0.15, -0.1) is 0 Å². The number of esters is 1. The van der Waals surface area contributed by atoms with Crippen molar-refractivity contribution in [2.45, 2.75) is 71.1 Å². The molecule has 2 bridgehead atoms. The molecule has 3 amide bonds. The number of nitrogens with one attached hydrogen (secondary N) is 2. The van der Waals surface area contributed by atoms with Crippen LogP contribution in [0.5, 0.6) is 0 Å². The number of Topliss-reactive ketones (excluding diaryl/α,β-unsaturated/α-hetero) is 1. The number of ketones is 1. The second-order valence-electron chi connectivity index (χ2n) is 12.5. The zero-order valence-corrected chi connectivity index (χ0v) is 28.3. The maximum absolute atomic E-state index is 13.7. The Morgan fingerprint density at radius 3 is 2.72 bits per heavy atom. The lowest BCUT2D eigenvalue weighted by Gasteiger charge is -2.31. The summed E-state index contributed by atoms with van der Waals surface area (Å²) in [6, 6.07) is 4.30. The van der Waals surface area contributed by atoms with Crippen molar-refractivity contribution >= 4 is 35.3 Å². The van der Waals surface area contributed by atoms with Crippen LogP contribution in [0.25, 0.3) is 0 Å². The third kappa shape index (κ3) is 11.2. The van der Waals surface area contributed by atoms with E-state index in [2.05, 4.69) is 15.6 Å². The summed E-state index contributed by atoms with van der Waals surface area (Å²) in [5, 5.41) is 15.6. The molecular weight excluding hydrogens is 651 g/mol. The van der Waals surface area contributed by atoms with Crippen molar-refractivity contribution < 1.29 is 47.4 Å². The molecular formula is C36H43FN4O9. The Morgan fingerprint density at radius 2 is 1.96 bits per heavy atom. The lowest BCUT2D eigenvalue weighted by molar-refractivity contribution is -0.158. The van der Waals surface area contributed by atoms with Gasteiger partial charge in [0.25, 0.3) is 5.91 Å². The van der Waals surface area contributed by atoms with Crippen molar-refractivity contribution in [1.29, 1.82) is 0 Å². The predicted octanol–water partition coefficient (Wildman–Crippen LogP) is 4.29. The molecule has 50 heavy (non-hydrogen) atoms. The largest absolute Gasteiger partial charge is 0.460 e. The number of rotatable bonds is 5. The molecule has 3 N–H and O–H groups in total. The van der Waals surface area contributed by atoms with Crippen molar-refractivity contribution in [3.63, 3.8) is 0 Å². The molecule has 14 heteroatoms. The Bertz CT molecular complexity index is 1620. The van der Waals surface area contributed by atoms with Gasteiger partial charge in [-0.1, -0.05) is 43.7 Å². The van der Waals surface area contributed by atoms with Crippen LogP contribution in [0, 0.1) is 17.7 Å². The van der Waals surface area contributed by atoms with E-state index in [1.54, 1.807) is 32.1 Å². The number of cyclic esters (lactones) is 1. The molecule has 2 aliphatic heterocycles. The minimum absolute atomic E-state index is 0.0154. The molecule has 0 aliphatic carbocycles. The molecule has 3 heterocycles. The molecule has 1 fully saturated rings. The minimum Gasteiger partial charge on any atom is -0.460 e. The fraction of sp³-hybridized carbons (Fsp3) is 0.444. The predicted molar refractivity (Wildman–Crippen MR) is 179 cm³/mol. The van der Waals surface area contributed by atoms with Crippen LogP contribution < -0.4 is 10.6 Å². The highest BCUT2D eigenvalue weighted by atomic mass is 19.1. The SMILES string of the molecule is CC1=C[C@@H](O)CC(=O)Cc2nc(co2)C(=O)N2CCC[C@@H]2C(=O)O[C@H]([C@H](C)CCOC(=O)Nc2ccc(F)cc2)[C@H](C)/C=C/C(=O)NCC=C1. The van der Waals surface area contributed by atoms with E-state index < -0.39 is 48.0 Å². The Morgan fingerprint density at radius 1 is 1.20 bits per heavy atom. The van der Waals surface area contributed by atoms with Crippen molar-refractivity contribution in [2.24, 2.45) is 11.8 Å². The molecule has 13 nitrogen and oxygen atoms in total. The lowest BCUT2D eigenvalue weighted by atomic mass is 9.90. The van der Waals surface area contributed by atoms with Gasteiger partial charge < -0.3 is 29.2 Å². The summed E-state index contributed by atoms with van der Waals surface area (Å²) in [5.74, 6) is -3.16. The van der Waals surface area contributed by atoms with Gasteiger partial charge in [0.1, 0.15) is 30.0 Å². The normalized spacial score (nSPS) is 24.0. The summed E-state index contributed by atoms with van der Waals surface area (Å²) in [7, 11) is 0. The van der Waals surface area contributed by atoms with E-state index in [9.17, 15) is 33.5 Å². The van der Waals surface area contributed by atoms with Gasteiger partial charge in [-0.25, -0.2) is 19.0 Å². The minimum atomic E-state index is -1.05.